The number of rotatable bonds is 2. The molecule has 2 heterocycles. The third-order valence-corrected chi connectivity index (χ3v) is 3.44. The van der Waals surface area contributed by atoms with E-state index >= 15 is 0 Å². The Labute approximate surface area is 129 Å². The molecular weight excluding hydrogens is 309 g/mol. The smallest absolute Gasteiger partial charge is 0.416 e. The Morgan fingerprint density at radius 1 is 1.13 bits per heavy atom. The second kappa shape index (κ2) is 5.42. The molecule has 0 amide bonds. The van der Waals surface area contributed by atoms with Crippen LogP contribution in [0.25, 0.3) is 16.8 Å². The molecule has 23 heavy (non-hydrogen) atoms. The van der Waals surface area contributed by atoms with E-state index in [9.17, 15) is 18.0 Å². The van der Waals surface area contributed by atoms with E-state index in [0.29, 0.717) is 22.5 Å². The highest BCUT2D eigenvalue weighted by Gasteiger charge is 2.30. The molecule has 4 nitrogen and oxygen atoms in total. The topological polar surface area (TPSA) is 43.6 Å². The molecule has 2 aromatic heterocycles. The number of hydrogen-bond donors (Lipinski definition) is 0. The second-order valence-electron chi connectivity index (χ2n) is 4.85. The van der Waals surface area contributed by atoms with E-state index in [1.165, 1.54) is 19.2 Å². The number of esters is 1. The molecule has 0 spiro atoms. The zero-order valence-electron chi connectivity index (χ0n) is 12.0. The molecule has 0 unspecified atom stereocenters. The van der Waals surface area contributed by atoms with Crippen molar-refractivity contribution in [3.8, 4) is 11.3 Å². The Bertz CT molecular complexity index is 867. The fraction of sp³-hybridized carbons (Fsp3) is 0.125. The molecule has 3 rings (SSSR count). The van der Waals surface area contributed by atoms with Gasteiger partial charge in [-0.25, -0.2) is 4.79 Å². The lowest BCUT2D eigenvalue weighted by Gasteiger charge is -2.08. The van der Waals surface area contributed by atoms with Crippen LogP contribution in [0.15, 0.2) is 48.8 Å². The molecular formula is C16H11F3N2O2. The van der Waals surface area contributed by atoms with Gasteiger partial charge in [0.15, 0.2) is 0 Å². The number of fused-ring (bicyclic) bond motifs is 1. The maximum atomic E-state index is 12.6. The molecule has 0 fully saturated rings. The van der Waals surface area contributed by atoms with Crippen molar-refractivity contribution in [2.75, 3.05) is 7.11 Å². The molecule has 0 atom stereocenters. The molecule has 0 saturated heterocycles. The van der Waals surface area contributed by atoms with Gasteiger partial charge in [0, 0.05) is 11.8 Å². The van der Waals surface area contributed by atoms with Crippen molar-refractivity contribution in [3.05, 3.63) is 60.0 Å². The van der Waals surface area contributed by atoms with Gasteiger partial charge in [-0.2, -0.15) is 13.2 Å². The maximum absolute atomic E-state index is 12.6. The number of aromatic nitrogens is 2. The van der Waals surface area contributed by atoms with Gasteiger partial charge in [-0.05, 0) is 24.3 Å². The van der Waals surface area contributed by atoms with Crippen molar-refractivity contribution in [1.82, 2.24) is 9.38 Å². The minimum atomic E-state index is -4.38. The number of nitrogens with zero attached hydrogens (tertiary/aromatic N) is 2. The lowest BCUT2D eigenvalue weighted by molar-refractivity contribution is -0.137. The van der Waals surface area contributed by atoms with Gasteiger partial charge in [0.1, 0.15) is 5.69 Å². The molecule has 3 aromatic rings. The molecule has 0 aliphatic heterocycles. The van der Waals surface area contributed by atoms with Crippen LogP contribution < -0.4 is 0 Å². The molecule has 0 radical (unpaired) electrons. The Hall–Kier alpha value is -2.83. The van der Waals surface area contributed by atoms with Gasteiger partial charge in [-0.15, -0.1) is 0 Å². The predicted octanol–water partition coefficient (Wildman–Crippen LogP) is 3.81. The Kier molecular flexibility index (Phi) is 3.55. The molecule has 7 heteroatoms. The predicted molar refractivity (Wildman–Crippen MR) is 77.0 cm³/mol. The fourth-order valence-corrected chi connectivity index (χ4v) is 2.25. The lowest BCUT2D eigenvalue weighted by Crippen LogP contribution is -2.06. The summed E-state index contributed by atoms with van der Waals surface area (Å²) in [4.78, 5) is 15.9. The summed E-state index contributed by atoms with van der Waals surface area (Å²) >= 11 is 0. The van der Waals surface area contributed by atoms with Crippen molar-refractivity contribution in [2.45, 2.75) is 6.18 Å². The van der Waals surface area contributed by atoms with Gasteiger partial charge in [0.2, 0.25) is 0 Å². The van der Waals surface area contributed by atoms with Crippen LogP contribution in [0, 0.1) is 0 Å². The summed E-state index contributed by atoms with van der Waals surface area (Å²) in [6.07, 6.45) is -1.25. The van der Waals surface area contributed by atoms with Gasteiger partial charge in [0.05, 0.1) is 30.1 Å². The van der Waals surface area contributed by atoms with Gasteiger partial charge in [-0.3, -0.25) is 4.98 Å². The van der Waals surface area contributed by atoms with E-state index in [4.69, 9.17) is 4.74 Å². The second-order valence-corrected chi connectivity index (χ2v) is 4.85. The average Bonchev–Trinajstić information content (AvgIpc) is 2.96. The number of benzene rings is 1. The van der Waals surface area contributed by atoms with Gasteiger partial charge in [-0.1, -0.05) is 12.1 Å². The zero-order chi connectivity index (χ0) is 16.6. The normalized spacial score (nSPS) is 11.7. The van der Waals surface area contributed by atoms with Crippen LogP contribution in [0.1, 0.15) is 16.1 Å². The van der Waals surface area contributed by atoms with Crippen molar-refractivity contribution < 1.29 is 22.7 Å². The number of halogens is 3. The van der Waals surface area contributed by atoms with E-state index in [1.54, 1.807) is 28.9 Å². The van der Waals surface area contributed by atoms with E-state index in [1.807, 2.05) is 0 Å². The lowest BCUT2D eigenvalue weighted by atomic mass is 10.1. The molecule has 1 aromatic carbocycles. The quantitative estimate of drug-likeness (QED) is 0.675. The number of methoxy groups -OCH3 is 1. The highest BCUT2D eigenvalue weighted by atomic mass is 19.4. The van der Waals surface area contributed by atoms with E-state index < -0.39 is 17.7 Å². The summed E-state index contributed by atoms with van der Waals surface area (Å²) in [5.41, 5.74) is 1.25. The van der Waals surface area contributed by atoms with Crippen molar-refractivity contribution in [1.29, 1.82) is 0 Å². The Morgan fingerprint density at radius 2 is 1.83 bits per heavy atom. The number of carbonyl (C=O) groups is 1. The van der Waals surface area contributed by atoms with Gasteiger partial charge in [0.25, 0.3) is 0 Å². The van der Waals surface area contributed by atoms with E-state index in [2.05, 4.69) is 4.98 Å². The summed E-state index contributed by atoms with van der Waals surface area (Å²) < 4.78 is 44.1. The van der Waals surface area contributed by atoms with Crippen molar-refractivity contribution in [3.63, 3.8) is 0 Å². The number of hydrogen-bond acceptors (Lipinski definition) is 3. The van der Waals surface area contributed by atoms with Gasteiger partial charge < -0.3 is 9.14 Å². The monoisotopic (exact) mass is 320 g/mol. The molecule has 0 aliphatic rings. The first-order valence-corrected chi connectivity index (χ1v) is 6.63. The van der Waals surface area contributed by atoms with E-state index in [0.717, 1.165) is 12.1 Å². The van der Waals surface area contributed by atoms with Crippen LogP contribution >= 0.6 is 0 Å². The summed E-state index contributed by atoms with van der Waals surface area (Å²) in [7, 11) is 1.28. The summed E-state index contributed by atoms with van der Waals surface area (Å²) in [6.45, 7) is 0. The van der Waals surface area contributed by atoms with Crippen LogP contribution in [0.4, 0.5) is 13.2 Å². The highest BCUT2D eigenvalue weighted by molar-refractivity contribution is 5.89. The minimum Gasteiger partial charge on any atom is -0.464 e. The summed E-state index contributed by atoms with van der Waals surface area (Å²) in [6, 6.07) is 7.99. The van der Waals surface area contributed by atoms with Crippen molar-refractivity contribution in [2.24, 2.45) is 0 Å². The number of carbonyl (C=O) groups excluding carboxylic acids is 1. The standard InChI is InChI=1S/C16H11F3N2O2/c1-23-15(22)14-7-6-12-8-20-13(9-21(12)14)10-2-4-11(5-3-10)16(17,18)19/h2-9H,1H3. The SMILES string of the molecule is COC(=O)c1ccc2cnc(-c3ccc(C(F)(F)F)cc3)cn12. The summed E-state index contributed by atoms with van der Waals surface area (Å²) in [5, 5.41) is 0. The fourth-order valence-electron chi connectivity index (χ4n) is 2.25. The molecule has 118 valence electrons. The third kappa shape index (κ3) is 2.77. The molecule has 0 bridgehead atoms. The molecule has 0 saturated carbocycles. The average molecular weight is 320 g/mol. The van der Waals surface area contributed by atoms with Gasteiger partial charge >= 0.3 is 12.1 Å². The van der Waals surface area contributed by atoms with Crippen molar-refractivity contribution >= 4 is 11.5 Å². The first-order valence-electron chi connectivity index (χ1n) is 6.63. The van der Waals surface area contributed by atoms with Crippen LogP contribution in [0.2, 0.25) is 0 Å². The molecule has 0 aliphatic carbocycles. The first-order chi connectivity index (χ1) is 10.9. The Morgan fingerprint density at radius 3 is 2.43 bits per heavy atom. The zero-order valence-corrected chi connectivity index (χ0v) is 12.0. The van der Waals surface area contributed by atoms with E-state index in [-0.39, 0.29) is 0 Å². The minimum absolute atomic E-state index is 0.318. The summed E-state index contributed by atoms with van der Waals surface area (Å²) in [5.74, 6) is -0.505. The van der Waals surface area contributed by atoms with Crippen LogP contribution in [-0.4, -0.2) is 22.5 Å². The largest absolute Gasteiger partial charge is 0.464 e. The number of alkyl halides is 3. The maximum Gasteiger partial charge on any atom is 0.416 e. The van der Waals surface area contributed by atoms with Crippen LogP contribution in [0.3, 0.4) is 0 Å². The first kappa shape index (κ1) is 15.1. The Balaban J connectivity index is 2.04. The third-order valence-electron chi connectivity index (χ3n) is 3.44. The highest BCUT2D eigenvalue weighted by Crippen LogP contribution is 2.30. The van der Waals surface area contributed by atoms with Crippen LogP contribution in [0.5, 0.6) is 0 Å². The molecule has 0 N–H and O–H groups in total. The van der Waals surface area contributed by atoms with Crippen LogP contribution in [-0.2, 0) is 10.9 Å². The number of ether oxygens (including phenoxy) is 1.